The first-order valence-corrected chi connectivity index (χ1v) is 9.30. The molecule has 0 atom stereocenters. The topological polar surface area (TPSA) is 59.7 Å². The summed E-state index contributed by atoms with van der Waals surface area (Å²) in [4.78, 5) is 18.1. The number of amides is 1. The molecule has 158 valence electrons. The fourth-order valence-corrected chi connectivity index (χ4v) is 3.11. The summed E-state index contributed by atoms with van der Waals surface area (Å²) in [5.41, 5.74) is 0.641. The number of carbonyl (C=O) groups is 1. The Morgan fingerprint density at radius 3 is 2.52 bits per heavy atom. The Bertz CT molecular complexity index is 1220. The van der Waals surface area contributed by atoms with E-state index in [1.54, 1.807) is 0 Å². The van der Waals surface area contributed by atoms with Crippen molar-refractivity contribution in [1.82, 2.24) is 14.6 Å². The van der Waals surface area contributed by atoms with Crippen LogP contribution in [0.15, 0.2) is 73.1 Å². The highest BCUT2D eigenvalue weighted by Crippen LogP contribution is 2.36. The summed E-state index contributed by atoms with van der Waals surface area (Å²) >= 11 is 0. The molecule has 9 heteroatoms. The van der Waals surface area contributed by atoms with Gasteiger partial charge < -0.3 is 4.74 Å². The van der Waals surface area contributed by atoms with Crippen LogP contribution in [0.4, 0.5) is 23.7 Å². The molecule has 1 amide bonds. The second-order valence-corrected chi connectivity index (χ2v) is 6.75. The molecule has 2 heterocycles. The summed E-state index contributed by atoms with van der Waals surface area (Å²) in [6.07, 6.45) is -2.25. The second kappa shape index (κ2) is 8.10. The second-order valence-electron chi connectivity index (χ2n) is 6.75. The van der Waals surface area contributed by atoms with Crippen molar-refractivity contribution in [3.05, 3.63) is 84.2 Å². The lowest BCUT2D eigenvalue weighted by molar-refractivity contribution is -0.137. The zero-order valence-corrected chi connectivity index (χ0v) is 16.4. The number of aromatic nitrogens is 3. The summed E-state index contributed by atoms with van der Waals surface area (Å²) < 4.78 is 46.9. The minimum absolute atomic E-state index is 0.0565. The largest absolute Gasteiger partial charge is 0.444 e. The molecule has 0 N–H and O–H groups in total. The number of hydrogen-bond acceptors (Lipinski definition) is 4. The lowest BCUT2D eigenvalue weighted by Crippen LogP contribution is -2.27. The van der Waals surface area contributed by atoms with E-state index in [9.17, 15) is 18.0 Å². The number of halogens is 3. The molecule has 0 fully saturated rings. The monoisotopic (exact) mass is 426 g/mol. The van der Waals surface area contributed by atoms with Crippen LogP contribution in [0.3, 0.4) is 0 Å². The van der Waals surface area contributed by atoms with Gasteiger partial charge in [-0.2, -0.15) is 18.3 Å². The Hall–Kier alpha value is -3.88. The van der Waals surface area contributed by atoms with Crippen LogP contribution in [-0.4, -0.2) is 27.7 Å². The highest BCUT2D eigenvalue weighted by atomic mass is 19.4. The summed E-state index contributed by atoms with van der Waals surface area (Å²) in [6, 6.07) is 15.8. The van der Waals surface area contributed by atoms with Crippen LogP contribution < -0.4 is 4.90 Å². The van der Waals surface area contributed by atoms with Crippen molar-refractivity contribution in [2.45, 2.75) is 12.8 Å². The number of alkyl halides is 3. The summed E-state index contributed by atoms with van der Waals surface area (Å²) in [5, 5.41) is 4.13. The van der Waals surface area contributed by atoms with Crippen LogP contribution in [0.5, 0.6) is 0 Å². The highest BCUT2D eigenvalue weighted by Gasteiger charge is 2.33. The molecule has 0 radical (unpaired) electrons. The Balaban J connectivity index is 1.64. The van der Waals surface area contributed by atoms with E-state index in [-0.39, 0.29) is 23.5 Å². The van der Waals surface area contributed by atoms with Gasteiger partial charge in [0.25, 0.3) is 0 Å². The molecular formula is C22H17F3N4O2. The molecule has 0 bridgehead atoms. The van der Waals surface area contributed by atoms with Crippen molar-refractivity contribution >= 4 is 17.4 Å². The molecule has 0 aliphatic rings. The molecular weight excluding hydrogens is 409 g/mol. The van der Waals surface area contributed by atoms with Crippen LogP contribution >= 0.6 is 0 Å². The smallest absolute Gasteiger partial charge is 0.417 e. The zero-order chi connectivity index (χ0) is 22.0. The number of ether oxygens (including phenoxy) is 1. The standard InChI is InChI=1S/C22H17F3N4O2/c1-28(21(30)31-14-15-7-3-2-4-8-15)19-13-26-29-12-11-18(27-20(19)29)16-9-5-6-10-17(16)22(23,24)25/h2-13H,14H2,1H3. The summed E-state index contributed by atoms with van der Waals surface area (Å²) in [7, 11) is 1.49. The van der Waals surface area contributed by atoms with E-state index in [0.29, 0.717) is 5.69 Å². The molecule has 4 aromatic rings. The van der Waals surface area contributed by atoms with Gasteiger partial charge in [-0.3, -0.25) is 4.90 Å². The number of anilines is 1. The van der Waals surface area contributed by atoms with E-state index >= 15 is 0 Å². The van der Waals surface area contributed by atoms with Gasteiger partial charge in [0.2, 0.25) is 0 Å². The van der Waals surface area contributed by atoms with Crippen molar-refractivity contribution in [3.8, 4) is 11.3 Å². The predicted molar refractivity (Wildman–Crippen MR) is 108 cm³/mol. The Morgan fingerprint density at radius 2 is 1.77 bits per heavy atom. The maximum absolute atomic E-state index is 13.4. The predicted octanol–water partition coefficient (Wildman–Crippen LogP) is 5.19. The van der Waals surface area contributed by atoms with Gasteiger partial charge in [-0.15, -0.1) is 0 Å². The normalized spacial score (nSPS) is 11.5. The van der Waals surface area contributed by atoms with Crippen LogP contribution in [0.1, 0.15) is 11.1 Å². The maximum atomic E-state index is 13.4. The molecule has 2 aromatic heterocycles. The van der Waals surface area contributed by atoms with Gasteiger partial charge in [-0.05, 0) is 17.7 Å². The minimum Gasteiger partial charge on any atom is -0.444 e. The van der Waals surface area contributed by atoms with Gasteiger partial charge in [0, 0.05) is 18.8 Å². The summed E-state index contributed by atoms with van der Waals surface area (Å²) in [5.74, 6) is 0. The van der Waals surface area contributed by atoms with Crippen LogP contribution in [0.2, 0.25) is 0 Å². The van der Waals surface area contributed by atoms with Crippen molar-refractivity contribution in [2.24, 2.45) is 0 Å². The number of nitrogens with zero attached hydrogens (tertiary/aromatic N) is 4. The average molecular weight is 426 g/mol. The number of rotatable bonds is 4. The third kappa shape index (κ3) is 4.20. The number of fused-ring (bicyclic) bond motifs is 1. The lowest BCUT2D eigenvalue weighted by atomic mass is 10.0. The number of carbonyl (C=O) groups excluding carboxylic acids is 1. The molecule has 2 aromatic carbocycles. The molecule has 31 heavy (non-hydrogen) atoms. The maximum Gasteiger partial charge on any atom is 0.417 e. The van der Waals surface area contributed by atoms with Crippen molar-refractivity contribution in [2.75, 3.05) is 11.9 Å². The van der Waals surface area contributed by atoms with Crippen molar-refractivity contribution in [1.29, 1.82) is 0 Å². The molecule has 0 spiro atoms. The fourth-order valence-electron chi connectivity index (χ4n) is 3.11. The highest BCUT2D eigenvalue weighted by molar-refractivity contribution is 5.91. The fraction of sp³-hybridized carbons (Fsp3) is 0.136. The molecule has 4 rings (SSSR count). The number of hydrogen-bond donors (Lipinski definition) is 0. The van der Waals surface area contributed by atoms with Gasteiger partial charge in [0.1, 0.15) is 12.3 Å². The molecule has 0 aliphatic heterocycles. The Labute approximate surface area is 175 Å². The zero-order valence-electron chi connectivity index (χ0n) is 16.4. The first-order chi connectivity index (χ1) is 14.8. The van der Waals surface area contributed by atoms with Crippen molar-refractivity contribution in [3.63, 3.8) is 0 Å². The first-order valence-electron chi connectivity index (χ1n) is 9.30. The Morgan fingerprint density at radius 1 is 1.06 bits per heavy atom. The summed E-state index contributed by atoms with van der Waals surface area (Å²) in [6.45, 7) is 0.0842. The van der Waals surface area contributed by atoms with E-state index < -0.39 is 17.8 Å². The Kier molecular flexibility index (Phi) is 5.33. The van der Waals surface area contributed by atoms with Gasteiger partial charge in [0.05, 0.1) is 17.5 Å². The number of benzene rings is 2. The molecule has 0 unspecified atom stereocenters. The molecule has 0 aliphatic carbocycles. The molecule has 6 nitrogen and oxygen atoms in total. The molecule has 0 saturated carbocycles. The van der Waals surface area contributed by atoms with Gasteiger partial charge in [0.15, 0.2) is 5.65 Å². The van der Waals surface area contributed by atoms with Gasteiger partial charge >= 0.3 is 12.3 Å². The van der Waals surface area contributed by atoms with E-state index in [2.05, 4.69) is 10.1 Å². The first kappa shape index (κ1) is 20.4. The van der Waals surface area contributed by atoms with Gasteiger partial charge in [-0.25, -0.2) is 14.3 Å². The average Bonchev–Trinajstić information content (AvgIpc) is 3.20. The lowest BCUT2D eigenvalue weighted by Gasteiger charge is -2.16. The third-order valence-corrected chi connectivity index (χ3v) is 4.70. The van der Waals surface area contributed by atoms with Crippen LogP contribution in [0, 0.1) is 0 Å². The van der Waals surface area contributed by atoms with E-state index in [1.807, 2.05) is 30.3 Å². The van der Waals surface area contributed by atoms with Crippen molar-refractivity contribution < 1.29 is 22.7 Å². The van der Waals surface area contributed by atoms with E-state index in [0.717, 1.165) is 11.6 Å². The molecule has 0 saturated heterocycles. The third-order valence-electron chi connectivity index (χ3n) is 4.70. The SMILES string of the molecule is CN(C(=O)OCc1ccccc1)c1cnn2ccc(-c3ccccc3C(F)(F)F)nc12. The van der Waals surface area contributed by atoms with E-state index in [1.165, 1.54) is 53.1 Å². The van der Waals surface area contributed by atoms with E-state index in [4.69, 9.17) is 4.74 Å². The minimum atomic E-state index is -4.52. The van der Waals surface area contributed by atoms with Crippen LogP contribution in [0.25, 0.3) is 16.9 Å². The van der Waals surface area contributed by atoms with Gasteiger partial charge in [-0.1, -0.05) is 48.5 Å². The quantitative estimate of drug-likeness (QED) is 0.451. The van der Waals surface area contributed by atoms with Crippen LogP contribution in [-0.2, 0) is 17.5 Å².